The van der Waals surface area contributed by atoms with Crippen molar-refractivity contribution in [1.29, 1.82) is 0 Å². The zero-order chi connectivity index (χ0) is 22.1. The summed E-state index contributed by atoms with van der Waals surface area (Å²) >= 11 is 0. The van der Waals surface area contributed by atoms with Gasteiger partial charge in [-0.25, -0.2) is 0 Å². The van der Waals surface area contributed by atoms with Crippen LogP contribution in [0.1, 0.15) is 40.5 Å². The summed E-state index contributed by atoms with van der Waals surface area (Å²) in [6, 6.07) is 36.0. The van der Waals surface area contributed by atoms with Crippen LogP contribution in [0, 0.1) is 0 Å². The van der Waals surface area contributed by atoms with Crippen LogP contribution in [-0.4, -0.2) is 14.1 Å². The number of rotatable bonds is 0. The smallest absolute Gasteiger partial charge is 0.0195 e. The van der Waals surface area contributed by atoms with Crippen LogP contribution in [0.4, 0.5) is 0 Å². The maximum absolute atomic E-state index is 4.50. The molecule has 3 aromatic rings. The molecule has 0 fully saturated rings. The van der Waals surface area contributed by atoms with Crippen molar-refractivity contribution in [3.05, 3.63) is 109 Å². The number of hydrogen-bond donors (Lipinski definition) is 2. The molecule has 0 atom stereocenters. The predicted molar refractivity (Wildman–Crippen MR) is 131 cm³/mol. The standard InChI is InChI=1S/3C6H6.2C3H8.2CH5N/c3*1-2-4-6-5-3-1;2*1-3-2;2*1-2/h3*1-6H;2*3H2,1-2H3;2*2H2,1H3. The third-order valence-electron chi connectivity index (χ3n) is 2.00. The molecule has 0 saturated carbocycles. The van der Waals surface area contributed by atoms with Gasteiger partial charge >= 0.3 is 0 Å². The van der Waals surface area contributed by atoms with E-state index in [0.717, 1.165) is 0 Å². The molecule has 0 aromatic heterocycles. The predicted octanol–water partition coefficient (Wildman–Crippen LogP) is 7.04. The van der Waals surface area contributed by atoms with E-state index in [4.69, 9.17) is 0 Å². The summed E-state index contributed by atoms with van der Waals surface area (Å²) in [4.78, 5) is 0. The number of benzene rings is 3. The Morgan fingerprint density at radius 2 is 0.321 bits per heavy atom. The highest BCUT2D eigenvalue weighted by Crippen LogP contribution is 1.81. The van der Waals surface area contributed by atoms with E-state index in [0.29, 0.717) is 0 Å². The maximum atomic E-state index is 4.50. The van der Waals surface area contributed by atoms with Crippen molar-refractivity contribution in [2.24, 2.45) is 11.5 Å². The fourth-order valence-electron chi connectivity index (χ4n) is 1.15. The first-order valence-electron chi connectivity index (χ1n) is 9.98. The Kier molecular flexibility index (Phi) is 52.4. The molecule has 0 aliphatic heterocycles. The van der Waals surface area contributed by atoms with E-state index in [1.807, 2.05) is 109 Å². The lowest BCUT2D eigenvalue weighted by Gasteiger charge is -1.69. The van der Waals surface area contributed by atoms with Crippen LogP contribution in [0.2, 0.25) is 0 Å². The molecule has 0 unspecified atom stereocenters. The second kappa shape index (κ2) is 44.2. The average molecular weight is 385 g/mol. The number of hydrogen-bond acceptors (Lipinski definition) is 2. The van der Waals surface area contributed by atoms with E-state index in [9.17, 15) is 0 Å². The Labute approximate surface area is 175 Å². The normalized spacial score (nSPS) is 6.86. The fraction of sp³-hybridized carbons (Fsp3) is 0.308. The van der Waals surface area contributed by atoms with Crippen LogP contribution in [0.15, 0.2) is 109 Å². The van der Waals surface area contributed by atoms with Gasteiger partial charge in [0.05, 0.1) is 0 Å². The van der Waals surface area contributed by atoms with Crippen LogP contribution in [0.25, 0.3) is 0 Å². The molecule has 0 spiro atoms. The van der Waals surface area contributed by atoms with E-state index in [-0.39, 0.29) is 0 Å². The molecular weight excluding hydrogens is 340 g/mol. The molecule has 0 aliphatic carbocycles. The molecule has 3 aromatic carbocycles. The molecule has 0 heterocycles. The molecular formula is C26H44N2. The van der Waals surface area contributed by atoms with Crippen LogP contribution in [0.3, 0.4) is 0 Å². The summed E-state index contributed by atoms with van der Waals surface area (Å²) in [7, 11) is 3.00. The molecule has 28 heavy (non-hydrogen) atoms. The molecule has 0 radical (unpaired) electrons. The lowest BCUT2D eigenvalue weighted by Crippen LogP contribution is -1.69. The second-order valence-corrected chi connectivity index (χ2v) is 4.88. The lowest BCUT2D eigenvalue weighted by atomic mass is 10.4. The van der Waals surface area contributed by atoms with Crippen molar-refractivity contribution < 1.29 is 0 Å². The van der Waals surface area contributed by atoms with Crippen LogP contribution < -0.4 is 11.5 Å². The highest BCUT2D eigenvalue weighted by molar-refractivity contribution is 5.00. The summed E-state index contributed by atoms with van der Waals surface area (Å²) in [6.07, 6.45) is 2.50. The molecule has 158 valence electrons. The maximum Gasteiger partial charge on any atom is -0.0195 e. The van der Waals surface area contributed by atoms with Gasteiger partial charge in [0.1, 0.15) is 0 Å². The monoisotopic (exact) mass is 384 g/mol. The summed E-state index contributed by atoms with van der Waals surface area (Å²) in [5.41, 5.74) is 9.00. The van der Waals surface area contributed by atoms with Crippen molar-refractivity contribution in [3.8, 4) is 0 Å². The first kappa shape index (κ1) is 33.2. The molecule has 4 N–H and O–H groups in total. The minimum atomic E-state index is 1.25. The van der Waals surface area contributed by atoms with E-state index in [2.05, 4.69) is 39.2 Å². The van der Waals surface area contributed by atoms with Gasteiger partial charge in [-0.2, -0.15) is 0 Å². The van der Waals surface area contributed by atoms with Crippen LogP contribution >= 0.6 is 0 Å². The van der Waals surface area contributed by atoms with Gasteiger partial charge in [-0.1, -0.05) is 150 Å². The zero-order valence-corrected chi connectivity index (χ0v) is 19.0. The Hall–Kier alpha value is -2.42. The van der Waals surface area contributed by atoms with Crippen LogP contribution in [0.5, 0.6) is 0 Å². The highest BCUT2D eigenvalue weighted by atomic mass is 14.4. The minimum absolute atomic E-state index is 1.25. The Morgan fingerprint density at radius 1 is 0.286 bits per heavy atom. The van der Waals surface area contributed by atoms with Gasteiger partial charge in [0.25, 0.3) is 0 Å². The first-order valence-corrected chi connectivity index (χ1v) is 9.98. The third kappa shape index (κ3) is 49.5. The molecule has 0 bridgehead atoms. The van der Waals surface area contributed by atoms with Crippen LogP contribution in [-0.2, 0) is 0 Å². The molecule has 0 saturated heterocycles. The first-order chi connectivity index (χ1) is 13.8. The third-order valence-corrected chi connectivity index (χ3v) is 2.00. The van der Waals surface area contributed by atoms with Gasteiger partial charge in [-0.3, -0.25) is 0 Å². The van der Waals surface area contributed by atoms with Gasteiger partial charge in [0, 0.05) is 0 Å². The highest BCUT2D eigenvalue weighted by Gasteiger charge is 1.59. The van der Waals surface area contributed by atoms with Gasteiger partial charge in [0.15, 0.2) is 0 Å². The Morgan fingerprint density at radius 3 is 0.357 bits per heavy atom. The Balaban J connectivity index is -0.000000127. The van der Waals surface area contributed by atoms with Crippen molar-refractivity contribution >= 4 is 0 Å². The van der Waals surface area contributed by atoms with Crippen molar-refractivity contribution in [1.82, 2.24) is 0 Å². The van der Waals surface area contributed by atoms with Crippen molar-refractivity contribution in [2.45, 2.75) is 40.5 Å². The SMILES string of the molecule is CCC.CCC.CN.CN.c1ccccc1.c1ccccc1.c1ccccc1. The fourth-order valence-corrected chi connectivity index (χ4v) is 1.15. The lowest BCUT2D eigenvalue weighted by molar-refractivity contribution is 1.09. The van der Waals surface area contributed by atoms with Gasteiger partial charge < -0.3 is 11.5 Å². The zero-order valence-electron chi connectivity index (χ0n) is 19.0. The van der Waals surface area contributed by atoms with Gasteiger partial charge in [0.2, 0.25) is 0 Å². The van der Waals surface area contributed by atoms with Gasteiger partial charge in [-0.05, 0) is 14.1 Å². The summed E-state index contributed by atoms with van der Waals surface area (Å²) in [5.74, 6) is 0. The quantitative estimate of drug-likeness (QED) is 0.436. The van der Waals surface area contributed by atoms with E-state index in [1.54, 1.807) is 0 Å². The van der Waals surface area contributed by atoms with Gasteiger partial charge in [-0.15, -0.1) is 0 Å². The van der Waals surface area contributed by atoms with E-state index < -0.39 is 0 Å². The minimum Gasteiger partial charge on any atom is -0.333 e. The number of nitrogens with two attached hydrogens (primary N) is 2. The van der Waals surface area contributed by atoms with E-state index >= 15 is 0 Å². The van der Waals surface area contributed by atoms with Crippen molar-refractivity contribution in [3.63, 3.8) is 0 Å². The summed E-state index contributed by atoms with van der Waals surface area (Å²) < 4.78 is 0. The molecule has 0 amide bonds. The molecule has 3 rings (SSSR count). The van der Waals surface area contributed by atoms with Crippen molar-refractivity contribution in [2.75, 3.05) is 14.1 Å². The molecule has 2 nitrogen and oxygen atoms in total. The Bertz CT molecular complexity index is 327. The molecule has 0 aliphatic rings. The second-order valence-electron chi connectivity index (χ2n) is 4.88. The molecule has 2 heteroatoms. The summed E-state index contributed by atoms with van der Waals surface area (Å²) in [5, 5.41) is 0. The largest absolute Gasteiger partial charge is 0.333 e. The average Bonchev–Trinajstić information content (AvgIpc) is 2.82. The summed E-state index contributed by atoms with van der Waals surface area (Å²) in [6.45, 7) is 8.50. The topological polar surface area (TPSA) is 52.0 Å². The van der Waals surface area contributed by atoms with E-state index in [1.165, 1.54) is 26.9 Å².